The van der Waals surface area contributed by atoms with Crippen LogP contribution in [0.25, 0.3) is 5.57 Å². The van der Waals surface area contributed by atoms with Gasteiger partial charge in [0.25, 0.3) is 0 Å². The van der Waals surface area contributed by atoms with Crippen LogP contribution in [0, 0.1) is 0 Å². The average Bonchev–Trinajstić information content (AvgIpc) is 2.40. The smallest absolute Gasteiger partial charge is 0.0393 e. The Bertz CT molecular complexity index is 538. The Morgan fingerprint density at radius 2 is 1.72 bits per heavy atom. The molecule has 0 saturated heterocycles. The summed E-state index contributed by atoms with van der Waals surface area (Å²) >= 11 is 0. The van der Waals surface area contributed by atoms with Crippen molar-refractivity contribution in [3.8, 4) is 0 Å². The van der Waals surface area contributed by atoms with Crippen LogP contribution < -0.4 is 5.73 Å². The van der Waals surface area contributed by atoms with E-state index in [1.54, 1.807) is 0 Å². The Morgan fingerprint density at radius 3 is 2.33 bits per heavy atom. The van der Waals surface area contributed by atoms with E-state index in [0.29, 0.717) is 0 Å². The third-order valence-electron chi connectivity index (χ3n) is 3.13. The molecule has 2 aromatic carbocycles. The summed E-state index contributed by atoms with van der Waals surface area (Å²) in [7, 11) is 0. The summed E-state index contributed by atoms with van der Waals surface area (Å²) in [5.74, 6) is 0. The Morgan fingerprint density at radius 1 is 1.06 bits per heavy atom. The van der Waals surface area contributed by atoms with Crippen molar-refractivity contribution in [3.05, 3.63) is 71.8 Å². The van der Waals surface area contributed by atoms with Crippen molar-refractivity contribution in [1.82, 2.24) is 0 Å². The molecule has 0 aromatic heterocycles. The summed E-state index contributed by atoms with van der Waals surface area (Å²) in [5.41, 5.74) is 11.3. The van der Waals surface area contributed by atoms with Gasteiger partial charge in [-0.05, 0) is 29.2 Å². The molecule has 0 saturated carbocycles. The zero-order chi connectivity index (χ0) is 13.0. The van der Waals surface area contributed by atoms with Crippen molar-refractivity contribution in [2.24, 2.45) is 0 Å². The molecule has 0 amide bonds. The molecule has 1 heteroatoms. The van der Waals surface area contributed by atoms with Crippen LogP contribution in [0.2, 0.25) is 0 Å². The van der Waals surface area contributed by atoms with E-state index < -0.39 is 0 Å². The summed E-state index contributed by atoms with van der Waals surface area (Å²) in [6.45, 7) is 6.34. The first-order valence-corrected chi connectivity index (χ1v) is 6.35. The Kier molecular flexibility index (Phi) is 3.83. The number of nitrogen functional groups attached to an aromatic ring is 1. The molecule has 0 heterocycles. The highest BCUT2D eigenvalue weighted by atomic mass is 14.6. The summed E-state index contributed by atoms with van der Waals surface area (Å²) in [4.78, 5) is 0. The first-order valence-electron chi connectivity index (χ1n) is 6.35. The summed E-state index contributed by atoms with van der Waals surface area (Å²) in [5, 5.41) is 0. The van der Waals surface area contributed by atoms with Gasteiger partial charge in [-0.3, -0.25) is 0 Å². The van der Waals surface area contributed by atoms with Crippen molar-refractivity contribution < 1.29 is 0 Å². The molecule has 0 aliphatic heterocycles. The number of nitrogens with two attached hydrogens (primary N) is 1. The van der Waals surface area contributed by atoms with Crippen LogP contribution in [0.15, 0.2) is 55.1 Å². The van der Waals surface area contributed by atoms with E-state index in [9.17, 15) is 0 Å². The lowest BCUT2D eigenvalue weighted by atomic mass is 9.97. The molecule has 2 aromatic rings. The molecular weight excluding hydrogens is 218 g/mol. The number of anilines is 1. The van der Waals surface area contributed by atoms with Crippen LogP contribution in [0.4, 0.5) is 5.69 Å². The Hall–Kier alpha value is -2.02. The maximum absolute atomic E-state index is 5.98. The van der Waals surface area contributed by atoms with Crippen LogP contribution in [0.1, 0.15) is 30.0 Å². The number of benzene rings is 2. The molecule has 0 bridgehead atoms. The fourth-order valence-electron chi connectivity index (χ4n) is 2.09. The third kappa shape index (κ3) is 2.62. The van der Waals surface area contributed by atoms with Gasteiger partial charge >= 0.3 is 0 Å². The Balaban J connectivity index is 2.27. The van der Waals surface area contributed by atoms with Crippen LogP contribution >= 0.6 is 0 Å². The lowest BCUT2D eigenvalue weighted by molar-refractivity contribution is 0.922. The molecule has 2 rings (SSSR count). The van der Waals surface area contributed by atoms with Gasteiger partial charge in [0.05, 0.1) is 0 Å². The monoisotopic (exact) mass is 237 g/mol. The van der Waals surface area contributed by atoms with Crippen molar-refractivity contribution in [3.63, 3.8) is 0 Å². The number of hydrogen-bond acceptors (Lipinski definition) is 1. The van der Waals surface area contributed by atoms with Crippen LogP contribution in [0.3, 0.4) is 0 Å². The van der Waals surface area contributed by atoms with E-state index in [1.165, 1.54) is 12.0 Å². The number of aryl methyl sites for hydroxylation is 1. The molecule has 18 heavy (non-hydrogen) atoms. The van der Waals surface area contributed by atoms with Crippen LogP contribution in [-0.4, -0.2) is 0 Å². The lowest BCUT2D eigenvalue weighted by Gasteiger charge is -2.10. The molecule has 92 valence electrons. The second-order valence-electron chi connectivity index (χ2n) is 4.51. The van der Waals surface area contributed by atoms with Gasteiger partial charge in [0.2, 0.25) is 0 Å². The standard InChI is InChI=1S/C17H19N/c1-3-6-14-9-11-15(12-10-14)13(2)16-7-4-5-8-17(16)18/h4-5,7-12H,2-3,6,18H2,1H3. The highest BCUT2D eigenvalue weighted by molar-refractivity contribution is 5.83. The van der Waals surface area contributed by atoms with E-state index in [2.05, 4.69) is 37.8 Å². The van der Waals surface area contributed by atoms with E-state index in [0.717, 1.165) is 28.8 Å². The molecule has 0 atom stereocenters. The normalized spacial score (nSPS) is 10.3. The van der Waals surface area contributed by atoms with Gasteiger partial charge in [0, 0.05) is 11.3 Å². The molecule has 0 aliphatic carbocycles. The average molecular weight is 237 g/mol. The SMILES string of the molecule is C=C(c1ccc(CCC)cc1)c1ccccc1N. The fraction of sp³-hybridized carbons (Fsp3) is 0.176. The first kappa shape index (κ1) is 12.4. The molecule has 0 radical (unpaired) electrons. The maximum Gasteiger partial charge on any atom is 0.0393 e. The van der Waals surface area contributed by atoms with E-state index in [4.69, 9.17) is 5.73 Å². The van der Waals surface area contributed by atoms with Gasteiger partial charge in [-0.2, -0.15) is 0 Å². The lowest BCUT2D eigenvalue weighted by Crippen LogP contribution is -1.94. The summed E-state index contributed by atoms with van der Waals surface area (Å²) < 4.78 is 0. The Labute approximate surface area is 109 Å². The largest absolute Gasteiger partial charge is 0.398 e. The van der Waals surface area contributed by atoms with Gasteiger partial charge in [-0.1, -0.05) is 62.4 Å². The topological polar surface area (TPSA) is 26.0 Å². The minimum Gasteiger partial charge on any atom is -0.398 e. The van der Waals surface area contributed by atoms with Gasteiger partial charge < -0.3 is 5.73 Å². The predicted octanol–water partition coefficient (Wildman–Crippen LogP) is 4.28. The fourth-order valence-corrected chi connectivity index (χ4v) is 2.09. The van der Waals surface area contributed by atoms with Crippen molar-refractivity contribution >= 4 is 11.3 Å². The zero-order valence-electron chi connectivity index (χ0n) is 10.8. The van der Waals surface area contributed by atoms with Crippen molar-refractivity contribution in [2.45, 2.75) is 19.8 Å². The minimum atomic E-state index is 0.778. The second kappa shape index (κ2) is 5.54. The van der Waals surface area contributed by atoms with E-state index in [1.807, 2.05) is 24.3 Å². The molecule has 0 fully saturated rings. The highest BCUT2D eigenvalue weighted by Gasteiger charge is 2.05. The number of para-hydroxylation sites is 1. The van der Waals surface area contributed by atoms with Crippen molar-refractivity contribution in [1.29, 1.82) is 0 Å². The second-order valence-corrected chi connectivity index (χ2v) is 4.51. The van der Waals surface area contributed by atoms with Crippen LogP contribution in [-0.2, 0) is 6.42 Å². The number of rotatable bonds is 4. The van der Waals surface area contributed by atoms with E-state index in [-0.39, 0.29) is 0 Å². The maximum atomic E-state index is 5.98. The van der Waals surface area contributed by atoms with Gasteiger partial charge in [-0.15, -0.1) is 0 Å². The molecule has 2 N–H and O–H groups in total. The summed E-state index contributed by atoms with van der Waals surface area (Å²) in [6.07, 6.45) is 2.30. The molecule has 0 unspecified atom stereocenters. The zero-order valence-corrected chi connectivity index (χ0v) is 10.8. The predicted molar refractivity (Wildman–Crippen MR) is 79.4 cm³/mol. The number of hydrogen-bond donors (Lipinski definition) is 1. The molecule has 0 spiro atoms. The molecular formula is C17H19N. The minimum absolute atomic E-state index is 0.778. The van der Waals surface area contributed by atoms with Gasteiger partial charge in [0.15, 0.2) is 0 Å². The van der Waals surface area contributed by atoms with Crippen LogP contribution in [0.5, 0.6) is 0 Å². The quantitative estimate of drug-likeness (QED) is 0.789. The van der Waals surface area contributed by atoms with E-state index >= 15 is 0 Å². The third-order valence-corrected chi connectivity index (χ3v) is 3.13. The first-order chi connectivity index (χ1) is 8.72. The summed E-state index contributed by atoms with van der Waals surface area (Å²) in [6, 6.07) is 16.4. The molecule has 1 nitrogen and oxygen atoms in total. The van der Waals surface area contributed by atoms with Crippen molar-refractivity contribution in [2.75, 3.05) is 5.73 Å². The van der Waals surface area contributed by atoms with Gasteiger partial charge in [0.1, 0.15) is 0 Å². The molecule has 0 aliphatic rings. The van der Waals surface area contributed by atoms with Gasteiger partial charge in [-0.25, -0.2) is 0 Å². The highest BCUT2D eigenvalue weighted by Crippen LogP contribution is 2.26.